The minimum absolute atomic E-state index is 0.0860. The fraction of sp³-hybridized carbons (Fsp3) is 0.471. The average Bonchev–Trinajstić information content (AvgIpc) is 2.48. The highest BCUT2D eigenvalue weighted by molar-refractivity contribution is 5.79. The summed E-state index contributed by atoms with van der Waals surface area (Å²) in [6.45, 7) is 1.97. The molecule has 2 nitrogen and oxygen atoms in total. The summed E-state index contributed by atoms with van der Waals surface area (Å²) in [5.74, 6) is 0.487. The first kappa shape index (κ1) is 13.9. The Morgan fingerprint density at radius 2 is 1.89 bits per heavy atom. The molecule has 0 amide bonds. The van der Waals surface area contributed by atoms with E-state index in [1.54, 1.807) is 0 Å². The van der Waals surface area contributed by atoms with Crippen molar-refractivity contribution >= 4 is 5.97 Å². The van der Waals surface area contributed by atoms with Crippen molar-refractivity contribution in [2.75, 3.05) is 7.11 Å². The first-order chi connectivity index (χ1) is 9.22. The van der Waals surface area contributed by atoms with E-state index >= 15 is 0 Å². The monoisotopic (exact) mass is 258 g/mol. The number of carbonyl (C=O) groups is 1. The first-order valence-electron chi connectivity index (χ1n) is 6.99. The van der Waals surface area contributed by atoms with E-state index in [2.05, 4.69) is 24.3 Å². The standard InChI is InChI=1S/C17H22O2/c1-3-11-17(16(18)19-2)12-9-15(10-13-17)14-7-5-4-6-8-14/h3-8,11,15H,9-10,12-13H2,1-2H3/b11-3+. The van der Waals surface area contributed by atoms with Gasteiger partial charge in [-0.25, -0.2) is 0 Å². The van der Waals surface area contributed by atoms with Crippen molar-refractivity contribution in [2.45, 2.75) is 38.5 Å². The van der Waals surface area contributed by atoms with Crippen LogP contribution in [0.4, 0.5) is 0 Å². The summed E-state index contributed by atoms with van der Waals surface area (Å²) in [6, 6.07) is 10.6. The summed E-state index contributed by atoms with van der Waals surface area (Å²) in [4.78, 5) is 12.0. The van der Waals surface area contributed by atoms with Crippen molar-refractivity contribution in [3.05, 3.63) is 48.0 Å². The van der Waals surface area contributed by atoms with Crippen LogP contribution in [0, 0.1) is 5.41 Å². The quantitative estimate of drug-likeness (QED) is 0.603. The van der Waals surface area contributed by atoms with Gasteiger partial charge in [0.25, 0.3) is 0 Å². The van der Waals surface area contributed by atoms with Crippen molar-refractivity contribution < 1.29 is 9.53 Å². The number of rotatable bonds is 3. The lowest BCUT2D eigenvalue weighted by molar-refractivity contribution is -0.151. The van der Waals surface area contributed by atoms with E-state index in [4.69, 9.17) is 4.74 Å². The van der Waals surface area contributed by atoms with Crippen molar-refractivity contribution in [3.63, 3.8) is 0 Å². The van der Waals surface area contributed by atoms with Gasteiger partial charge in [-0.2, -0.15) is 0 Å². The third kappa shape index (κ3) is 2.89. The molecule has 1 saturated carbocycles. The van der Waals surface area contributed by atoms with Crippen molar-refractivity contribution in [3.8, 4) is 0 Å². The summed E-state index contributed by atoms with van der Waals surface area (Å²) in [6.07, 6.45) is 7.85. The molecule has 102 valence electrons. The Hall–Kier alpha value is -1.57. The SMILES string of the molecule is C/C=C/C1(C(=O)OC)CCC(c2ccccc2)CC1. The van der Waals surface area contributed by atoms with Crippen molar-refractivity contribution in [2.24, 2.45) is 5.41 Å². The highest BCUT2D eigenvalue weighted by Crippen LogP contribution is 2.44. The summed E-state index contributed by atoms with van der Waals surface area (Å²) < 4.78 is 5.00. The minimum Gasteiger partial charge on any atom is -0.468 e. The Morgan fingerprint density at radius 3 is 2.42 bits per heavy atom. The van der Waals surface area contributed by atoms with Crippen LogP contribution in [0.3, 0.4) is 0 Å². The largest absolute Gasteiger partial charge is 0.468 e. The summed E-state index contributed by atoms with van der Waals surface area (Å²) in [5, 5.41) is 0. The number of allylic oxidation sites excluding steroid dienone is 1. The highest BCUT2D eigenvalue weighted by atomic mass is 16.5. The summed E-state index contributed by atoms with van der Waals surface area (Å²) in [7, 11) is 1.48. The van der Waals surface area contributed by atoms with E-state index < -0.39 is 5.41 Å². The van der Waals surface area contributed by atoms with Gasteiger partial charge in [-0.1, -0.05) is 42.5 Å². The van der Waals surface area contributed by atoms with Gasteiger partial charge in [0.1, 0.15) is 0 Å². The van der Waals surface area contributed by atoms with Gasteiger partial charge in [0.15, 0.2) is 0 Å². The van der Waals surface area contributed by atoms with Gasteiger partial charge in [-0.05, 0) is 44.1 Å². The number of benzene rings is 1. The molecule has 0 unspecified atom stereocenters. The number of esters is 1. The lowest BCUT2D eigenvalue weighted by atomic mass is 9.68. The third-order valence-corrected chi connectivity index (χ3v) is 4.23. The van der Waals surface area contributed by atoms with Gasteiger partial charge in [0.2, 0.25) is 0 Å². The zero-order chi connectivity index (χ0) is 13.7. The number of ether oxygens (including phenoxy) is 1. The number of hydrogen-bond acceptors (Lipinski definition) is 2. The van der Waals surface area contributed by atoms with Gasteiger partial charge in [-0.15, -0.1) is 0 Å². The van der Waals surface area contributed by atoms with E-state index in [-0.39, 0.29) is 5.97 Å². The topological polar surface area (TPSA) is 26.3 Å². The maximum absolute atomic E-state index is 12.0. The molecule has 0 spiro atoms. The van der Waals surface area contributed by atoms with Crippen LogP contribution in [-0.2, 0) is 9.53 Å². The molecule has 1 aromatic rings. The molecule has 1 aromatic carbocycles. The minimum atomic E-state index is -0.394. The van der Waals surface area contributed by atoms with Gasteiger partial charge in [0, 0.05) is 0 Å². The second kappa shape index (κ2) is 6.05. The van der Waals surface area contributed by atoms with E-state index in [9.17, 15) is 4.79 Å². The Kier molecular flexibility index (Phi) is 4.41. The van der Waals surface area contributed by atoms with Crippen LogP contribution in [0.1, 0.15) is 44.1 Å². The average molecular weight is 258 g/mol. The molecule has 0 aromatic heterocycles. The molecule has 1 fully saturated rings. The molecule has 0 radical (unpaired) electrons. The zero-order valence-electron chi connectivity index (χ0n) is 11.8. The fourth-order valence-electron chi connectivity index (χ4n) is 3.15. The van der Waals surface area contributed by atoms with Crippen LogP contribution in [0.25, 0.3) is 0 Å². The second-order valence-corrected chi connectivity index (χ2v) is 5.33. The Balaban J connectivity index is 2.10. The molecule has 2 rings (SSSR count). The Bertz CT molecular complexity index is 440. The predicted molar refractivity (Wildman–Crippen MR) is 76.9 cm³/mol. The van der Waals surface area contributed by atoms with Crippen LogP contribution >= 0.6 is 0 Å². The molecular formula is C17H22O2. The number of carbonyl (C=O) groups excluding carboxylic acids is 1. The second-order valence-electron chi connectivity index (χ2n) is 5.33. The van der Waals surface area contributed by atoms with Crippen molar-refractivity contribution in [1.82, 2.24) is 0 Å². The van der Waals surface area contributed by atoms with Crippen LogP contribution < -0.4 is 0 Å². The Labute approximate surface area is 115 Å². The van der Waals surface area contributed by atoms with Crippen LogP contribution in [-0.4, -0.2) is 13.1 Å². The lowest BCUT2D eigenvalue weighted by Gasteiger charge is -2.36. The van der Waals surface area contributed by atoms with E-state index in [1.165, 1.54) is 12.7 Å². The zero-order valence-corrected chi connectivity index (χ0v) is 11.8. The molecule has 0 atom stereocenters. The van der Waals surface area contributed by atoms with Gasteiger partial charge < -0.3 is 4.74 Å². The predicted octanol–water partition coefficient (Wildman–Crippen LogP) is 4.08. The van der Waals surface area contributed by atoms with Crippen molar-refractivity contribution in [1.29, 1.82) is 0 Å². The molecule has 0 bridgehead atoms. The smallest absolute Gasteiger partial charge is 0.315 e. The van der Waals surface area contributed by atoms with Crippen LogP contribution in [0.2, 0.25) is 0 Å². The molecule has 0 N–H and O–H groups in total. The number of methoxy groups -OCH3 is 1. The lowest BCUT2D eigenvalue weighted by Crippen LogP contribution is -2.34. The highest BCUT2D eigenvalue weighted by Gasteiger charge is 2.40. The van der Waals surface area contributed by atoms with Gasteiger partial charge >= 0.3 is 5.97 Å². The first-order valence-corrected chi connectivity index (χ1v) is 6.99. The van der Waals surface area contributed by atoms with Crippen LogP contribution in [0.5, 0.6) is 0 Å². The molecule has 0 aliphatic heterocycles. The maximum Gasteiger partial charge on any atom is 0.315 e. The summed E-state index contributed by atoms with van der Waals surface area (Å²) in [5.41, 5.74) is 0.996. The van der Waals surface area contributed by atoms with Gasteiger partial charge in [-0.3, -0.25) is 4.79 Å². The molecule has 0 saturated heterocycles. The molecule has 2 heteroatoms. The third-order valence-electron chi connectivity index (χ3n) is 4.23. The number of hydrogen-bond donors (Lipinski definition) is 0. The molecule has 1 aliphatic carbocycles. The molecular weight excluding hydrogens is 236 g/mol. The van der Waals surface area contributed by atoms with Crippen LogP contribution in [0.15, 0.2) is 42.5 Å². The molecule has 19 heavy (non-hydrogen) atoms. The fourth-order valence-corrected chi connectivity index (χ4v) is 3.15. The maximum atomic E-state index is 12.0. The van der Waals surface area contributed by atoms with E-state index in [0.717, 1.165) is 25.7 Å². The normalized spacial score (nSPS) is 27.4. The summed E-state index contributed by atoms with van der Waals surface area (Å²) >= 11 is 0. The molecule has 1 aliphatic rings. The van der Waals surface area contributed by atoms with E-state index in [1.807, 2.05) is 25.1 Å². The Morgan fingerprint density at radius 1 is 1.26 bits per heavy atom. The van der Waals surface area contributed by atoms with Gasteiger partial charge in [0.05, 0.1) is 12.5 Å². The van der Waals surface area contributed by atoms with E-state index in [0.29, 0.717) is 5.92 Å². The molecule has 0 heterocycles.